The number of thioether (sulfide) groups is 1. The van der Waals surface area contributed by atoms with Crippen molar-refractivity contribution in [3.05, 3.63) is 34.6 Å². The molecule has 25 heavy (non-hydrogen) atoms. The Kier molecular flexibility index (Phi) is 7.46. The van der Waals surface area contributed by atoms with Crippen LogP contribution in [-0.2, 0) is 11.3 Å². The molecule has 1 aromatic carbocycles. The molecule has 5 nitrogen and oxygen atoms in total. The molecule has 9 heteroatoms. The van der Waals surface area contributed by atoms with Crippen LogP contribution < -0.4 is 5.32 Å². The molecule has 0 saturated carbocycles. The fourth-order valence-electron chi connectivity index (χ4n) is 1.87. The van der Waals surface area contributed by atoms with Crippen molar-refractivity contribution >= 4 is 45.7 Å². The average molecular weight is 403 g/mol. The topological polar surface area (TPSA) is 58.1 Å². The summed E-state index contributed by atoms with van der Waals surface area (Å²) in [6.45, 7) is 5.17. The summed E-state index contributed by atoms with van der Waals surface area (Å²) in [5, 5.41) is 12.4. The van der Waals surface area contributed by atoms with E-state index >= 15 is 0 Å². The summed E-state index contributed by atoms with van der Waals surface area (Å²) in [4.78, 5) is 13.7. The normalized spacial score (nSPS) is 11.0. The molecule has 0 aliphatic carbocycles. The minimum absolute atomic E-state index is 0.127. The highest BCUT2D eigenvalue weighted by molar-refractivity contribution is 8.01. The number of aromatic nitrogens is 2. The molecule has 0 atom stereocenters. The van der Waals surface area contributed by atoms with Crippen molar-refractivity contribution in [2.24, 2.45) is 5.92 Å². The number of halogens is 2. The van der Waals surface area contributed by atoms with Crippen LogP contribution in [0.2, 0.25) is 5.02 Å². The van der Waals surface area contributed by atoms with E-state index in [1.165, 1.54) is 34.1 Å². The third-order valence-corrected chi connectivity index (χ3v) is 5.62. The predicted octanol–water partition coefficient (Wildman–Crippen LogP) is 4.15. The molecule has 1 heterocycles. The number of hydrogen-bond acceptors (Lipinski definition) is 6. The van der Waals surface area contributed by atoms with Gasteiger partial charge in [0.1, 0.15) is 5.82 Å². The molecule has 1 aromatic heterocycles. The Morgan fingerprint density at radius 1 is 1.44 bits per heavy atom. The van der Waals surface area contributed by atoms with Gasteiger partial charge in [-0.2, -0.15) is 0 Å². The van der Waals surface area contributed by atoms with Crippen LogP contribution in [0.25, 0.3) is 0 Å². The average Bonchev–Trinajstić information content (AvgIpc) is 3.02. The van der Waals surface area contributed by atoms with Gasteiger partial charge in [-0.1, -0.05) is 54.6 Å². The predicted molar refractivity (Wildman–Crippen MR) is 102 cm³/mol. The molecule has 0 unspecified atom stereocenters. The van der Waals surface area contributed by atoms with Crippen molar-refractivity contribution in [2.45, 2.75) is 24.7 Å². The first-order valence-electron chi connectivity index (χ1n) is 7.74. The van der Waals surface area contributed by atoms with Crippen LogP contribution in [0.4, 0.5) is 9.52 Å². The summed E-state index contributed by atoms with van der Waals surface area (Å²) >= 11 is 8.73. The summed E-state index contributed by atoms with van der Waals surface area (Å²) in [5.74, 6) is 0.183. The largest absolute Gasteiger partial charge is 0.360 e. The van der Waals surface area contributed by atoms with Gasteiger partial charge in [-0.05, 0) is 18.1 Å². The van der Waals surface area contributed by atoms with E-state index in [0.29, 0.717) is 16.5 Å². The molecular formula is C16H20ClFN4OS2. The third-order valence-electron chi connectivity index (χ3n) is 3.27. The minimum Gasteiger partial charge on any atom is -0.360 e. The summed E-state index contributed by atoms with van der Waals surface area (Å²) in [6, 6.07) is 4.49. The zero-order valence-corrected chi connectivity index (χ0v) is 16.6. The number of carbonyl (C=O) groups excluding carboxylic acids is 1. The maximum atomic E-state index is 13.8. The Morgan fingerprint density at radius 3 is 2.88 bits per heavy atom. The first-order valence-corrected chi connectivity index (χ1v) is 9.92. The van der Waals surface area contributed by atoms with E-state index in [4.69, 9.17) is 11.6 Å². The van der Waals surface area contributed by atoms with Crippen molar-refractivity contribution < 1.29 is 9.18 Å². The molecule has 2 rings (SSSR count). The first-order chi connectivity index (χ1) is 11.9. The second kappa shape index (κ2) is 9.35. The summed E-state index contributed by atoms with van der Waals surface area (Å²) in [6.07, 6.45) is 0. The highest BCUT2D eigenvalue weighted by atomic mass is 35.5. The maximum Gasteiger partial charge on any atom is 0.233 e. The standard InChI is InChI=1S/C16H20ClFN4OS2/c1-10(2)7-19-15-20-21-16(25-15)24-9-14(23)22(3)8-11-12(17)5-4-6-13(11)18/h4-6,10H,7-9H2,1-3H3,(H,19,20). The van der Waals surface area contributed by atoms with Crippen LogP contribution in [0.3, 0.4) is 0 Å². The van der Waals surface area contributed by atoms with Gasteiger partial charge in [-0.15, -0.1) is 10.2 Å². The number of carbonyl (C=O) groups is 1. The van der Waals surface area contributed by atoms with E-state index in [-0.39, 0.29) is 18.2 Å². The summed E-state index contributed by atoms with van der Waals surface area (Å²) in [7, 11) is 1.63. The first kappa shape index (κ1) is 19.9. The minimum atomic E-state index is -0.412. The number of anilines is 1. The van der Waals surface area contributed by atoms with E-state index in [1.54, 1.807) is 19.2 Å². The number of nitrogens with one attached hydrogen (secondary N) is 1. The van der Waals surface area contributed by atoms with E-state index in [9.17, 15) is 9.18 Å². The van der Waals surface area contributed by atoms with Gasteiger partial charge in [0.05, 0.1) is 5.75 Å². The molecule has 0 radical (unpaired) electrons. The lowest BCUT2D eigenvalue weighted by Crippen LogP contribution is -2.28. The highest BCUT2D eigenvalue weighted by Gasteiger charge is 2.15. The van der Waals surface area contributed by atoms with Gasteiger partial charge >= 0.3 is 0 Å². The van der Waals surface area contributed by atoms with Crippen molar-refractivity contribution in [2.75, 3.05) is 24.7 Å². The van der Waals surface area contributed by atoms with Crippen molar-refractivity contribution in [1.82, 2.24) is 15.1 Å². The zero-order chi connectivity index (χ0) is 18.4. The van der Waals surface area contributed by atoms with E-state index in [2.05, 4.69) is 29.4 Å². The number of hydrogen-bond donors (Lipinski definition) is 1. The molecule has 0 bridgehead atoms. The quantitative estimate of drug-likeness (QED) is 0.672. The molecule has 1 amide bonds. The molecular weight excluding hydrogens is 383 g/mol. The smallest absolute Gasteiger partial charge is 0.233 e. The number of rotatable bonds is 8. The Labute approximate surface area is 160 Å². The Bertz CT molecular complexity index is 706. The van der Waals surface area contributed by atoms with Crippen LogP contribution in [0.1, 0.15) is 19.4 Å². The van der Waals surface area contributed by atoms with Crippen molar-refractivity contribution in [3.8, 4) is 0 Å². The van der Waals surface area contributed by atoms with Gasteiger partial charge in [0.2, 0.25) is 11.0 Å². The van der Waals surface area contributed by atoms with Gasteiger partial charge in [-0.3, -0.25) is 4.79 Å². The van der Waals surface area contributed by atoms with Crippen molar-refractivity contribution in [1.29, 1.82) is 0 Å². The Morgan fingerprint density at radius 2 is 2.20 bits per heavy atom. The molecule has 0 aliphatic rings. The van der Waals surface area contributed by atoms with Crippen LogP contribution in [-0.4, -0.2) is 40.3 Å². The fourth-order valence-corrected chi connectivity index (χ4v) is 3.80. The van der Waals surface area contributed by atoms with E-state index < -0.39 is 5.82 Å². The van der Waals surface area contributed by atoms with Crippen LogP contribution in [0.15, 0.2) is 22.5 Å². The Balaban J connectivity index is 1.85. The lowest BCUT2D eigenvalue weighted by molar-refractivity contribution is -0.127. The fraction of sp³-hybridized carbons (Fsp3) is 0.438. The molecule has 1 N–H and O–H groups in total. The van der Waals surface area contributed by atoms with Crippen molar-refractivity contribution in [3.63, 3.8) is 0 Å². The summed E-state index contributed by atoms with van der Waals surface area (Å²) < 4.78 is 14.5. The monoisotopic (exact) mass is 402 g/mol. The second-order valence-corrected chi connectivity index (χ2v) is 8.49. The zero-order valence-electron chi connectivity index (χ0n) is 14.3. The molecule has 0 aliphatic heterocycles. The molecule has 2 aromatic rings. The van der Waals surface area contributed by atoms with Gasteiger partial charge in [0.25, 0.3) is 0 Å². The Hall–Kier alpha value is -1.38. The van der Waals surface area contributed by atoms with Gasteiger partial charge in [0, 0.05) is 30.7 Å². The van der Waals surface area contributed by atoms with Crippen LogP contribution in [0, 0.1) is 11.7 Å². The number of benzene rings is 1. The number of amides is 1. The molecule has 0 spiro atoms. The molecule has 136 valence electrons. The third kappa shape index (κ3) is 6.13. The highest BCUT2D eigenvalue weighted by Crippen LogP contribution is 2.26. The second-order valence-electron chi connectivity index (χ2n) is 5.89. The number of nitrogens with zero attached hydrogens (tertiary/aromatic N) is 3. The van der Waals surface area contributed by atoms with Gasteiger partial charge in [-0.25, -0.2) is 4.39 Å². The summed E-state index contributed by atoms with van der Waals surface area (Å²) in [5.41, 5.74) is 0.320. The lowest BCUT2D eigenvalue weighted by Gasteiger charge is -2.18. The van der Waals surface area contributed by atoms with E-state index in [0.717, 1.165) is 16.0 Å². The molecule has 0 fully saturated rings. The van der Waals surface area contributed by atoms with Gasteiger partial charge < -0.3 is 10.2 Å². The van der Waals surface area contributed by atoms with E-state index in [1.807, 2.05) is 0 Å². The van der Waals surface area contributed by atoms with Crippen LogP contribution >= 0.6 is 34.7 Å². The van der Waals surface area contributed by atoms with Gasteiger partial charge in [0.15, 0.2) is 4.34 Å². The maximum absolute atomic E-state index is 13.8. The molecule has 0 saturated heterocycles. The van der Waals surface area contributed by atoms with Crippen LogP contribution in [0.5, 0.6) is 0 Å². The SMILES string of the molecule is CC(C)CNc1nnc(SCC(=O)N(C)Cc2c(F)cccc2Cl)s1. The lowest BCUT2D eigenvalue weighted by atomic mass is 10.2.